The molecule has 0 radical (unpaired) electrons. The summed E-state index contributed by atoms with van der Waals surface area (Å²) in [4.78, 5) is 74.7. The van der Waals surface area contributed by atoms with Crippen LogP contribution in [0.3, 0.4) is 0 Å². The molecule has 252 valence electrons. The highest BCUT2D eigenvalue weighted by Crippen LogP contribution is 2.24. The maximum atomic E-state index is 14.1. The molecule has 3 heterocycles. The monoisotopic (exact) mass is 638 g/mol. The molecule has 1 aromatic carbocycles. The second-order valence-electron chi connectivity index (χ2n) is 12.5. The molecule has 4 rings (SSSR count). The fraction of sp³-hybridized carbons (Fsp3) is 0.618. The van der Waals surface area contributed by atoms with Crippen LogP contribution in [0.1, 0.15) is 84.1 Å². The number of benzene rings is 1. The number of nitrogens with zero attached hydrogens (tertiary/aromatic N) is 2. The Morgan fingerprint density at radius 2 is 1.72 bits per heavy atom. The summed E-state index contributed by atoms with van der Waals surface area (Å²) in [6.07, 6.45) is 7.30. The number of aromatic nitrogens is 1. The van der Waals surface area contributed by atoms with Crippen molar-refractivity contribution in [1.29, 1.82) is 0 Å². The van der Waals surface area contributed by atoms with E-state index in [1.807, 2.05) is 45.0 Å². The van der Waals surface area contributed by atoms with Crippen molar-refractivity contribution in [2.24, 2.45) is 5.92 Å². The maximum Gasteiger partial charge on any atom is 0.246 e. The van der Waals surface area contributed by atoms with Gasteiger partial charge in [-0.25, -0.2) is 0 Å². The van der Waals surface area contributed by atoms with Gasteiger partial charge in [-0.05, 0) is 56.6 Å². The number of hydrogen-bond donors (Lipinski definition) is 4. The molecule has 2 aliphatic heterocycles. The molecule has 12 heteroatoms. The average molecular weight is 639 g/mol. The molecule has 1 aromatic heterocycles. The zero-order valence-electron chi connectivity index (χ0n) is 27.6. The third-order valence-electron chi connectivity index (χ3n) is 9.28. The van der Waals surface area contributed by atoms with Crippen molar-refractivity contribution in [3.8, 4) is 0 Å². The van der Waals surface area contributed by atoms with Crippen molar-refractivity contribution in [1.82, 2.24) is 30.9 Å². The molecule has 0 saturated carbocycles. The van der Waals surface area contributed by atoms with Crippen molar-refractivity contribution in [3.05, 3.63) is 36.0 Å². The SMILES string of the molecule is CCNC(=O)CCCCC[C@@H]1NC(=O)[C@H]2CCCCN2C(=O)[C@H](C(C)CC)NC(=O)[C@H](Cc2cn(OC)c3ccccc23)NC1=O. The minimum Gasteiger partial charge on any atom is -0.417 e. The zero-order valence-corrected chi connectivity index (χ0v) is 27.6. The van der Waals surface area contributed by atoms with Crippen LogP contribution in [0.4, 0.5) is 0 Å². The van der Waals surface area contributed by atoms with Crippen LogP contribution in [0.2, 0.25) is 0 Å². The van der Waals surface area contributed by atoms with Gasteiger partial charge >= 0.3 is 0 Å². The van der Waals surface area contributed by atoms with Gasteiger partial charge in [0, 0.05) is 37.5 Å². The van der Waals surface area contributed by atoms with Crippen LogP contribution in [0.25, 0.3) is 10.9 Å². The van der Waals surface area contributed by atoms with Gasteiger partial charge in [-0.2, -0.15) is 4.73 Å². The highest BCUT2D eigenvalue weighted by Gasteiger charge is 2.40. The van der Waals surface area contributed by atoms with Gasteiger partial charge < -0.3 is 31.0 Å². The van der Waals surface area contributed by atoms with Gasteiger partial charge in [-0.1, -0.05) is 51.3 Å². The largest absolute Gasteiger partial charge is 0.417 e. The molecule has 0 spiro atoms. The smallest absolute Gasteiger partial charge is 0.246 e. The quantitative estimate of drug-likeness (QED) is 0.262. The molecule has 5 amide bonds. The Hall–Kier alpha value is -4.09. The Bertz CT molecular complexity index is 1390. The molecule has 12 nitrogen and oxygen atoms in total. The molecule has 2 aliphatic rings. The molecule has 4 N–H and O–H groups in total. The van der Waals surface area contributed by atoms with Crippen LogP contribution in [-0.2, 0) is 30.4 Å². The third kappa shape index (κ3) is 8.38. The molecular weight excluding hydrogens is 588 g/mol. The van der Waals surface area contributed by atoms with Crippen molar-refractivity contribution in [2.45, 2.75) is 109 Å². The third-order valence-corrected chi connectivity index (χ3v) is 9.28. The number of piperidine rings is 1. The molecule has 0 aliphatic carbocycles. The van der Waals surface area contributed by atoms with Crippen LogP contribution in [0.5, 0.6) is 0 Å². The number of amides is 5. The molecule has 46 heavy (non-hydrogen) atoms. The van der Waals surface area contributed by atoms with Crippen LogP contribution in [0.15, 0.2) is 30.5 Å². The summed E-state index contributed by atoms with van der Waals surface area (Å²) in [6, 6.07) is 4.15. The first-order valence-corrected chi connectivity index (χ1v) is 16.8. The van der Waals surface area contributed by atoms with E-state index in [2.05, 4.69) is 21.3 Å². The van der Waals surface area contributed by atoms with Crippen LogP contribution in [-0.4, -0.2) is 83.5 Å². The number of para-hydroxylation sites is 1. The highest BCUT2D eigenvalue weighted by atomic mass is 16.6. The first kappa shape index (κ1) is 34.8. The minimum atomic E-state index is -1.02. The van der Waals surface area contributed by atoms with E-state index in [4.69, 9.17) is 4.84 Å². The molecule has 0 bridgehead atoms. The number of fused-ring (bicyclic) bond motifs is 2. The second-order valence-corrected chi connectivity index (χ2v) is 12.5. The van der Waals surface area contributed by atoms with Gasteiger partial charge in [0.1, 0.15) is 31.3 Å². The van der Waals surface area contributed by atoms with E-state index in [9.17, 15) is 24.0 Å². The Balaban J connectivity index is 1.64. The Morgan fingerprint density at radius 1 is 0.978 bits per heavy atom. The second kappa shape index (κ2) is 16.5. The lowest BCUT2D eigenvalue weighted by Gasteiger charge is -2.39. The summed E-state index contributed by atoms with van der Waals surface area (Å²) in [5, 5.41) is 12.5. The summed E-state index contributed by atoms with van der Waals surface area (Å²) < 4.78 is 1.62. The number of hydrogen-bond acceptors (Lipinski definition) is 6. The summed E-state index contributed by atoms with van der Waals surface area (Å²) >= 11 is 0. The van der Waals surface area contributed by atoms with E-state index in [1.165, 1.54) is 0 Å². The van der Waals surface area contributed by atoms with Crippen LogP contribution >= 0.6 is 0 Å². The normalized spacial score (nSPS) is 23.3. The highest BCUT2D eigenvalue weighted by molar-refractivity contribution is 5.98. The Kier molecular flexibility index (Phi) is 12.4. The molecule has 2 fully saturated rings. The topological polar surface area (TPSA) is 151 Å². The van der Waals surface area contributed by atoms with Crippen molar-refractivity contribution in [2.75, 3.05) is 20.2 Å². The number of nitrogens with one attached hydrogen (secondary N) is 4. The predicted octanol–water partition coefficient (Wildman–Crippen LogP) is 2.22. The molecule has 2 saturated heterocycles. The van der Waals surface area contributed by atoms with Gasteiger partial charge in [0.05, 0.1) is 5.52 Å². The molecule has 5 atom stereocenters. The lowest BCUT2D eigenvalue weighted by molar-refractivity contribution is -0.147. The number of carbonyl (C=O) groups is 5. The van der Waals surface area contributed by atoms with E-state index >= 15 is 0 Å². The Labute approximate surface area is 271 Å². The fourth-order valence-corrected chi connectivity index (χ4v) is 6.45. The number of unbranched alkanes of at least 4 members (excludes halogenated alkanes) is 2. The van der Waals surface area contributed by atoms with Gasteiger partial charge in [0.15, 0.2) is 0 Å². The van der Waals surface area contributed by atoms with Gasteiger partial charge in [0.2, 0.25) is 29.5 Å². The minimum absolute atomic E-state index is 0.0130. The standard InChI is InChI=1S/C34H50N6O6/c1-5-22(3)30-34(45)39-19-13-12-17-28(39)33(44)36-25(15-8-7-9-18-29(41)35-6-2)31(42)37-26(32(43)38-30)20-23-21-40(46-4)27-16-11-10-14-24(23)27/h10-11,14,16,21-22,25-26,28,30H,5-9,12-13,15,17-20H2,1-4H3,(H,35,41)(H,36,44)(H,37,42)(H,38,43)/t22?,25-,26-,28+,30-/m0/s1. The Morgan fingerprint density at radius 3 is 2.46 bits per heavy atom. The van der Waals surface area contributed by atoms with E-state index in [0.717, 1.165) is 29.3 Å². The van der Waals surface area contributed by atoms with E-state index in [1.54, 1.807) is 22.9 Å². The molecule has 1 unspecified atom stereocenters. The van der Waals surface area contributed by atoms with Crippen LogP contribution < -0.4 is 26.1 Å². The summed E-state index contributed by atoms with van der Waals surface area (Å²) in [6.45, 7) is 6.73. The van der Waals surface area contributed by atoms with Gasteiger partial charge in [-0.15, -0.1) is 0 Å². The summed E-state index contributed by atoms with van der Waals surface area (Å²) in [5.41, 5.74) is 1.61. The fourth-order valence-electron chi connectivity index (χ4n) is 6.45. The van der Waals surface area contributed by atoms with Gasteiger partial charge in [-0.3, -0.25) is 24.0 Å². The maximum absolute atomic E-state index is 14.1. The van der Waals surface area contributed by atoms with Crippen molar-refractivity contribution >= 4 is 40.4 Å². The first-order chi connectivity index (χ1) is 22.2. The van der Waals surface area contributed by atoms with Gasteiger partial charge in [0.25, 0.3) is 0 Å². The predicted molar refractivity (Wildman–Crippen MR) is 175 cm³/mol. The summed E-state index contributed by atoms with van der Waals surface area (Å²) in [7, 11) is 1.56. The lowest BCUT2D eigenvalue weighted by atomic mass is 9.93. The van der Waals surface area contributed by atoms with E-state index < -0.39 is 36.0 Å². The van der Waals surface area contributed by atoms with E-state index in [-0.39, 0.29) is 30.1 Å². The average Bonchev–Trinajstić information content (AvgIpc) is 3.42. The summed E-state index contributed by atoms with van der Waals surface area (Å²) in [5.74, 6) is -1.74. The number of rotatable bonds is 12. The van der Waals surface area contributed by atoms with E-state index in [0.29, 0.717) is 58.0 Å². The first-order valence-electron chi connectivity index (χ1n) is 16.8. The van der Waals surface area contributed by atoms with Crippen molar-refractivity contribution < 1.29 is 28.8 Å². The molecular formula is C34H50N6O6. The molecule has 2 aromatic rings. The number of carbonyl (C=O) groups excluding carboxylic acids is 5. The van der Waals surface area contributed by atoms with Crippen molar-refractivity contribution in [3.63, 3.8) is 0 Å². The lowest BCUT2D eigenvalue weighted by Crippen LogP contribution is -2.64. The van der Waals surface area contributed by atoms with Crippen LogP contribution in [0, 0.1) is 5.92 Å². The zero-order chi connectivity index (χ0) is 33.2.